The molecule has 30 heavy (non-hydrogen) atoms. The molecule has 0 heterocycles. The number of amides is 3. The van der Waals surface area contributed by atoms with E-state index in [1.54, 1.807) is 31.2 Å². The molecular weight excluding hydrogens is 382 g/mol. The monoisotopic (exact) mass is 411 g/mol. The Kier molecular flexibility index (Phi) is 8.41. The molecule has 2 rings (SSSR count). The number of rotatable bonds is 9. The first-order valence-corrected chi connectivity index (χ1v) is 9.89. The van der Waals surface area contributed by atoms with Gasteiger partial charge in [0.05, 0.1) is 12.7 Å². The lowest BCUT2D eigenvalue weighted by Crippen LogP contribution is -2.54. The van der Waals surface area contributed by atoms with Gasteiger partial charge < -0.3 is 20.7 Å². The summed E-state index contributed by atoms with van der Waals surface area (Å²) in [4.78, 5) is 37.8. The SMILES string of the molecule is COc1ccccc1C(=O)NC(C(=O)NC(C)C(=O)NCc1ccccc1)C(C)C. The Labute approximate surface area is 177 Å². The Morgan fingerprint density at radius 3 is 2.13 bits per heavy atom. The van der Waals surface area contributed by atoms with Gasteiger partial charge in [-0.3, -0.25) is 14.4 Å². The number of ether oxygens (including phenoxy) is 1. The average Bonchev–Trinajstić information content (AvgIpc) is 2.75. The van der Waals surface area contributed by atoms with Crippen LogP contribution in [0.5, 0.6) is 5.75 Å². The molecule has 0 aliphatic heterocycles. The fraction of sp³-hybridized carbons (Fsp3) is 0.348. The van der Waals surface area contributed by atoms with Gasteiger partial charge in [-0.05, 0) is 30.5 Å². The minimum Gasteiger partial charge on any atom is -0.496 e. The van der Waals surface area contributed by atoms with Gasteiger partial charge in [-0.15, -0.1) is 0 Å². The van der Waals surface area contributed by atoms with Crippen molar-refractivity contribution in [1.29, 1.82) is 0 Å². The summed E-state index contributed by atoms with van der Waals surface area (Å²) in [6, 6.07) is 14.8. The zero-order chi connectivity index (χ0) is 22.1. The van der Waals surface area contributed by atoms with Gasteiger partial charge in [0.2, 0.25) is 11.8 Å². The van der Waals surface area contributed by atoms with Crippen molar-refractivity contribution in [3.05, 3.63) is 65.7 Å². The van der Waals surface area contributed by atoms with Crippen molar-refractivity contribution in [2.24, 2.45) is 5.92 Å². The second-order valence-electron chi connectivity index (χ2n) is 7.33. The van der Waals surface area contributed by atoms with Crippen molar-refractivity contribution in [2.75, 3.05) is 7.11 Å². The molecule has 0 spiro atoms. The van der Waals surface area contributed by atoms with Crippen LogP contribution in [-0.4, -0.2) is 36.9 Å². The number of hydrogen-bond donors (Lipinski definition) is 3. The fourth-order valence-corrected chi connectivity index (χ4v) is 2.89. The van der Waals surface area contributed by atoms with E-state index in [1.807, 2.05) is 44.2 Å². The highest BCUT2D eigenvalue weighted by atomic mass is 16.5. The molecule has 0 aliphatic rings. The highest BCUT2D eigenvalue weighted by Gasteiger charge is 2.28. The summed E-state index contributed by atoms with van der Waals surface area (Å²) < 4.78 is 5.21. The van der Waals surface area contributed by atoms with Crippen LogP contribution in [-0.2, 0) is 16.1 Å². The van der Waals surface area contributed by atoms with E-state index in [4.69, 9.17) is 4.74 Å². The first kappa shape index (κ1) is 22.9. The maximum Gasteiger partial charge on any atom is 0.255 e. The van der Waals surface area contributed by atoms with Gasteiger partial charge >= 0.3 is 0 Å². The third-order valence-electron chi connectivity index (χ3n) is 4.65. The van der Waals surface area contributed by atoms with Crippen molar-refractivity contribution in [3.8, 4) is 5.75 Å². The third-order valence-corrected chi connectivity index (χ3v) is 4.65. The summed E-state index contributed by atoms with van der Waals surface area (Å²) >= 11 is 0. The van der Waals surface area contributed by atoms with Crippen molar-refractivity contribution in [1.82, 2.24) is 16.0 Å². The maximum atomic E-state index is 12.8. The summed E-state index contributed by atoms with van der Waals surface area (Å²) in [6.45, 7) is 5.63. The maximum absolute atomic E-state index is 12.8. The lowest BCUT2D eigenvalue weighted by Gasteiger charge is -2.24. The second-order valence-corrected chi connectivity index (χ2v) is 7.33. The number of para-hydroxylation sites is 1. The standard InChI is InChI=1S/C23H29N3O4/c1-15(2)20(26-22(28)18-12-8-9-13-19(18)30-4)23(29)25-16(3)21(27)24-14-17-10-6-5-7-11-17/h5-13,15-16,20H,14H2,1-4H3,(H,24,27)(H,25,29)(H,26,28). The number of carbonyl (C=O) groups is 3. The second kappa shape index (κ2) is 11.0. The van der Waals surface area contributed by atoms with Crippen LogP contribution in [0.25, 0.3) is 0 Å². The molecule has 2 aromatic carbocycles. The topological polar surface area (TPSA) is 96.5 Å². The number of methoxy groups -OCH3 is 1. The van der Waals surface area contributed by atoms with E-state index in [9.17, 15) is 14.4 Å². The van der Waals surface area contributed by atoms with E-state index in [-0.39, 0.29) is 11.8 Å². The molecule has 2 aromatic rings. The molecule has 0 fully saturated rings. The molecular formula is C23H29N3O4. The molecule has 3 N–H and O–H groups in total. The molecule has 7 heteroatoms. The van der Waals surface area contributed by atoms with E-state index in [0.717, 1.165) is 5.56 Å². The summed E-state index contributed by atoms with van der Waals surface area (Å²) in [5.41, 5.74) is 1.31. The summed E-state index contributed by atoms with van der Waals surface area (Å²) in [5.74, 6) is -0.890. The van der Waals surface area contributed by atoms with Crippen LogP contribution in [0.15, 0.2) is 54.6 Å². The zero-order valence-corrected chi connectivity index (χ0v) is 17.8. The lowest BCUT2D eigenvalue weighted by atomic mass is 10.0. The minimum absolute atomic E-state index is 0.178. The summed E-state index contributed by atoms with van der Waals surface area (Å²) in [5, 5.41) is 8.23. The molecule has 0 saturated carbocycles. The van der Waals surface area contributed by atoms with Gasteiger partial charge in [0, 0.05) is 6.54 Å². The van der Waals surface area contributed by atoms with Crippen molar-refractivity contribution < 1.29 is 19.1 Å². The van der Waals surface area contributed by atoms with Gasteiger partial charge in [0.1, 0.15) is 17.8 Å². The van der Waals surface area contributed by atoms with E-state index in [1.165, 1.54) is 7.11 Å². The van der Waals surface area contributed by atoms with Crippen LogP contribution < -0.4 is 20.7 Å². The highest BCUT2D eigenvalue weighted by Crippen LogP contribution is 2.17. The molecule has 0 aromatic heterocycles. The van der Waals surface area contributed by atoms with E-state index >= 15 is 0 Å². The molecule has 0 saturated heterocycles. The van der Waals surface area contributed by atoms with Gasteiger partial charge in [0.25, 0.3) is 5.91 Å². The molecule has 7 nitrogen and oxygen atoms in total. The number of benzene rings is 2. The van der Waals surface area contributed by atoms with Crippen LogP contribution in [0, 0.1) is 5.92 Å². The third kappa shape index (κ3) is 6.34. The quantitative estimate of drug-likeness (QED) is 0.590. The highest BCUT2D eigenvalue weighted by molar-refractivity contribution is 6.00. The Bertz CT molecular complexity index is 868. The minimum atomic E-state index is -0.799. The van der Waals surface area contributed by atoms with Crippen LogP contribution in [0.4, 0.5) is 0 Å². The Balaban J connectivity index is 1.97. The van der Waals surface area contributed by atoms with E-state index in [0.29, 0.717) is 17.9 Å². The molecule has 0 bridgehead atoms. The summed E-state index contributed by atoms with van der Waals surface area (Å²) in [6.07, 6.45) is 0. The molecule has 0 aliphatic carbocycles. The predicted molar refractivity (Wildman–Crippen MR) is 115 cm³/mol. The van der Waals surface area contributed by atoms with E-state index in [2.05, 4.69) is 16.0 Å². The van der Waals surface area contributed by atoms with Gasteiger partial charge in [-0.25, -0.2) is 0 Å². The van der Waals surface area contributed by atoms with Gasteiger partial charge in [-0.1, -0.05) is 56.3 Å². The number of hydrogen-bond acceptors (Lipinski definition) is 4. The van der Waals surface area contributed by atoms with Gasteiger partial charge in [0.15, 0.2) is 0 Å². The fourth-order valence-electron chi connectivity index (χ4n) is 2.89. The smallest absolute Gasteiger partial charge is 0.255 e. The van der Waals surface area contributed by atoms with E-state index < -0.39 is 23.9 Å². The van der Waals surface area contributed by atoms with Crippen LogP contribution in [0.1, 0.15) is 36.7 Å². The first-order valence-electron chi connectivity index (χ1n) is 9.89. The van der Waals surface area contributed by atoms with Crippen molar-refractivity contribution in [2.45, 2.75) is 39.4 Å². The molecule has 2 atom stereocenters. The van der Waals surface area contributed by atoms with Crippen LogP contribution in [0.2, 0.25) is 0 Å². The average molecular weight is 412 g/mol. The number of carbonyl (C=O) groups excluding carboxylic acids is 3. The molecule has 3 amide bonds. The normalized spacial score (nSPS) is 12.6. The predicted octanol–water partition coefficient (Wildman–Crippen LogP) is 2.27. The molecule has 2 unspecified atom stereocenters. The van der Waals surface area contributed by atoms with Gasteiger partial charge in [-0.2, -0.15) is 0 Å². The van der Waals surface area contributed by atoms with Crippen molar-refractivity contribution >= 4 is 17.7 Å². The lowest BCUT2D eigenvalue weighted by molar-refractivity contribution is -0.130. The van der Waals surface area contributed by atoms with Crippen LogP contribution in [0.3, 0.4) is 0 Å². The molecule has 0 radical (unpaired) electrons. The van der Waals surface area contributed by atoms with Crippen molar-refractivity contribution in [3.63, 3.8) is 0 Å². The Morgan fingerprint density at radius 2 is 1.50 bits per heavy atom. The Hall–Kier alpha value is -3.35. The number of nitrogens with one attached hydrogen (secondary N) is 3. The summed E-state index contributed by atoms with van der Waals surface area (Å²) in [7, 11) is 1.48. The zero-order valence-electron chi connectivity index (χ0n) is 17.8. The first-order chi connectivity index (χ1) is 14.3. The Morgan fingerprint density at radius 1 is 0.867 bits per heavy atom. The largest absolute Gasteiger partial charge is 0.496 e. The van der Waals surface area contributed by atoms with Crippen LogP contribution >= 0.6 is 0 Å². The molecule has 160 valence electrons.